The summed E-state index contributed by atoms with van der Waals surface area (Å²) in [6.45, 7) is 5.48. The van der Waals surface area contributed by atoms with Crippen molar-refractivity contribution in [1.29, 1.82) is 0 Å². The first-order valence-corrected chi connectivity index (χ1v) is 12.3. The average Bonchev–Trinajstić information content (AvgIpc) is 3.35. The third kappa shape index (κ3) is 5.62. The first-order valence-electron chi connectivity index (χ1n) is 12.3. The van der Waals surface area contributed by atoms with E-state index in [-0.39, 0.29) is 17.4 Å². The van der Waals surface area contributed by atoms with Crippen LogP contribution in [0.15, 0.2) is 77.9 Å². The summed E-state index contributed by atoms with van der Waals surface area (Å²) in [5.74, 6) is 0.398. The van der Waals surface area contributed by atoms with E-state index < -0.39 is 0 Å². The lowest BCUT2D eigenvalue weighted by molar-refractivity contribution is 0.161. The lowest BCUT2D eigenvalue weighted by Gasteiger charge is -2.30. The molecular weight excluding hydrogens is 469 g/mol. The van der Waals surface area contributed by atoms with Gasteiger partial charge < -0.3 is 4.98 Å². The molecule has 0 amide bonds. The Morgan fingerprint density at radius 1 is 1.05 bits per heavy atom. The van der Waals surface area contributed by atoms with Gasteiger partial charge in [-0.25, -0.2) is 9.07 Å². The number of fused-ring (bicyclic) bond motifs is 1. The monoisotopic (exact) mass is 497 g/mol. The predicted octanol–water partition coefficient (Wildman–Crippen LogP) is 4.56. The molecule has 3 aromatic heterocycles. The van der Waals surface area contributed by atoms with Gasteiger partial charge in [-0.1, -0.05) is 36.8 Å². The first-order chi connectivity index (χ1) is 18.0. The van der Waals surface area contributed by atoms with Crippen LogP contribution in [0.1, 0.15) is 47.5 Å². The Balaban J connectivity index is 1.51. The van der Waals surface area contributed by atoms with Crippen molar-refractivity contribution < 1.29 is 4.39 Å². The highest BCUT2D eigenvalue weighted by Gasteiger charge is 2.26. The summed E-state index contributed by atoms with van der Waals surface area (Å²) in [5.41, 5.74) is 4.40. The number of aryl methyl sites for hydroxylation is 1. The van der Waals surface area contributed by atoms with Gasteiger partial charge in [-0.2, -0.15) is 0 Å². The number of benzene rings is 2. The van der Waals surface area contributed by atoms with E-state index in [1.807, 2.05) is 43.5 Å². The zero-order valence-electron chi connectivity index (χ0n) is 20.8. The molecule has 0 unspecified atom stereocenters. The average molecular weight is 498 g/mol. The number of aromatic nitrogens is 6. The number of aromatic amines is 1. The molecule has 0 fully saturated rings. The Hall–Kier alpha value is -4.24. The number of tetrazole rings is 1. The molecule has 0 spiro atoms. The van der Waals surface area contributed by atoms with Gasteiger partial charge in [0, 0.05) is 36.6 Å². The zero-order valence-corrected chi connectivity index (χ0v) is 20.8. The third-order valence-electron chi connectivity index (χ3n) is 6.49. The highest BCUT2D eigenvalue weighted by atomic mass is 19.1. The molecule has 0 aliphatic carbocycles. The van der Waals surface area contributed by atoms with E-state index >= 15 is 0 Å². The van der Waals surface area contributed by atoms with E-state index in [2.05, 4.69) is 43.4 Å². The maximum atomic E-state index is 13.4. The SMILES string of the molecule is CC[C@@H](c1nnnn1Cc1ccc(F)cc1)N(Cc1cccnc1)Cc1cc2cc(C)ccc2[nH]c1=O. The van der Waals surface area contributed by atoms with Crippen LogP contribution in [-0.2, 0) is 19.6 Å². The first kappa shape index (κ1) is 24.5. The highest BCUT2D eigenvalue weighted by molar-refractivity contribution is 5.79. The molecule has 5 rings (SSSR count). The van der Waals surface area contributed by atoms with Crippen molar-refractivity contribution in [3.05, 3.63) is 117 Å². The second kappa shape index (κ2) is 10.8. The van der Waals surface area contributed by atoms with E-state index in [1.165, 1.54) is 12.1 Å². The molecule has 0 saturated heterocycles. The molecule has 0 aliphatic rings. The van der Waals surface area contributed by atoms with Gasteiger partial charge in [-0.15, -0.1) is 5.10 Å². The molecule has 1 N–H and O–H groups in total. The minimum absolute atomic E-state index is 0.117. The number of halogens is 1. The summed E-state index contributed by atoms with van der Waals surface area (Å²) in [6.07, 6.45) is 4.29. The van der Waals surface area contributed by atoms with Crippen LogP contribution in [0, 0.1) is 12.7 Å². The molecule has 9 heteroatoms. The van der Waals surface area contributed by atoms with Crippen LogP contribution in [0.4, 0.5) is 4.39 Å². The largest absolute Gasteiger partial charge is 0.322 e. The van der Waals surface area contributed by atoms with Gasteiger partial charge in [0.1, 0.15) is 5.82 Å². The molecular formula is C28H28FN7O. The van der Waals surface area contributed by atoms with Gasteiger partial charge in [0.05, 0.1) is 12.6 Å². The lowest BCUT2D eigenvalue weighted by Crippen LogP contribution is -2.32. The number of hydrogen-bond donors (Lipinski definition) is 1. The molecule has 0 bridgehead atoms. The van der Waals surface area contributed by atoms with Crippen molar-refractivity contribution in [3.63, 3.8) is 0 Å². The summed E-state index contributed by atoms with van der Waals surface area (Å²) < 4.78 is 15.2. The van der Waals surface area contributed by atoms with Crippen LogP contribution in [0.25, 0.3) is 10.9 Å². The molecule has 0 aliphatic heterocycles. The van der Waals surface area contributed by atoms with Crippen LogP contribution in [-0.4, -0.2) is 35.1 Å². The van der Waals surface area contributed by atoms with E-state index in [9.17, 15) is 9.18 Å². The molecule has 8 nitrogen and oxygen atoms in total. The van der Waals surface area contributed by atoms with E-state index in [4.69, 9.17) is 0 Å². The van der Waals surface area contributed by atoms with Crippen LogP contribution in [0.5, 0.6) is 0 Å². The predicted molar refractivity (Wildman–Crippen MR) is 139 cm³/mol. The number of rotatable bonds is 9. The van der Waals surface area contributed by atoms with Crippen molar-refractivity contribution in [1.82, 2.24) is 35.1 Å². The smallest absolute Gasteiger partial charge is 0.252 e. The quantitative estimate of drug-likeness (QED) is 0.321. The van der Waals surface area contributed by atoms with E-state index in [1.54, 1.807) is 23.0 Å². The fourth-order valence-electron chi connectivity index (χ4n) is 4.64. The fourth-order valence-corrected chi connectivity index (χ4v) is 4.64. The van der Waals surface area contributed by atoms with Crippen LogP contribution in [0.2, 0.25) is 0 Å². The second-order valence-electron chi connectivity index (χ2n) is 9.23. The van der Waals surface area contributed by atoms with Gasteiger partial charge in [0.2, 0.25) is 0 Å². The van der Waals surface area contributed by atoms with Crippen molar-refractivity contribution in [2.24, 2.45) is 0 Å². The summed E-state index contributed by atoms with van der Waals surface area (Å²) in [5, 5.41) is 13.5. The maximum Gasteiger partial charge on any atom is 0.252 e. The molecule has 3 heterocycles. The van der Waals surface area contributed by atoms with Crippen molar-refractivity contribution >= 4 is 10.9 Å². The Labute approximate surface area is 213 Å². The van der Waals surface area contributed by atoms with Crippen LogP contribution in [0.3, 0.4) is 0 Å². The maximum absolute atomic E-state index is 13.4. The Kier molecular flexibility index (Phi) is 7.14. The Morgan fingerprint density at radius 2 is 1.89 bits per heavy atom. The van der Waals surface area contributed by atoms with Crippen molar-refractivity contribution in [3.8, 4) is 0 Å². The summed E-state index contributed by atoms with van der Waals surface area (Å²) in [6, 6.07) is 18.0. The van der Waals surface area contributed by atoms with E-state index in [0.717, 1.165) is 27.6 Å². The summed E-state index contributed by atoms with van der Waals surface area (Å²) in [7, 11) is 0. The normalized spacial score (nSPS) is 12.3. The summed E-state index contributed by atoms with van der Waals surface area (Å²) >= 11 is 0. The Bertz CT molecular complexity index is 1550. The van der Waals surface area contributed by atoms with Crippen molar-refractivity contribution in [2.45, 2.75) is 45.9 Å². The number of nitrogens with one attached hydrogen (secondary N) is 1. The molecule has 1 atom stereocenters. The number of H-pyrrole nitrogens is 1. The standard InChI is InChI=1S/C28H28FN7O/c1-3-26(27-32-33-34-36(27)17-20-7-9-24(29)10-8-20)35(16-21-5-4-12-30-15-21)18-23-14-22-13-19(2)6-11-25(22)31-28(23)37/h4-15,26H,3,16-18H2,1-2H3,(H,31,37)/t26-/m0/s1. The molecule has 2 aromatic carbocycles. The molecule has 0 saturated carbocycles. The fraction of sp³-hybridized carbons (Fsp3) is 0.250. The van der Waals surface area contributed by atoms with Gasteiger partial charge >= 0.3 is 0 Å². The van der Waals surface area contributed by atoms with Gasteiger partial charge in [-0.05, 0) is 76.7 Å². The zero-order chi connectivity index (χ0) is 25.8. The molecule has 0 radical (unpaired) electrons. The van der Waals surface area contributed by atoms with Crippen molar-refractivity contribution in [2.75, 3.05) is 0 Å². The topological polar surface area (TPSA) is 92.6 Å². The van der Waals surface area contributed by atoms with E-state index in [0.29, 0.717) is 37.4 Å². The van der Waals surface area contributed by atoms with Crippen LogP contribution < -0.4 is 5.56 Å². The van der Waals surface area contributed by atoms with Gasteiger partial charge in [0.15, 0.2) is 5.82 Å². The van der Waals surface area contributed by atoms with Gasteiger partial charge in [0.25, 0.3) is 5.56 Å². The number of nitrogens with zero attached hydrogens (tertiary/aromatic N) is 6. The second-order valence-corrected chi connectivity index (χ2v) is 9.23. The van der Waals surface area contributed by atoms with Gasteiger partial charge in [-0.3, -0.25) is 14.7 Å². The lowest BCUT2D eigenvalue weighted by atomic mass is 10.1. The number of hydrogen-bond acceptors (Lipinski definition) is 6. The minimum Gasteiger partial charge on any atom is -0.322 e. The molecule has 37 heavy (non-hydrogen) atoms. The number of pyridine rings is 2. The Morgan fingerprint density at radius 3 is 2.65 bits per heavy atom. The summed E-state index contributed by atoms with van der Waals surface area (Å²) in [4.78, 5) is 22.6. The van der Waals surface area contributed by atoms with Crippen LogP contribution >= 0.6 is 0 Å². The molecule has 5 aromatic rings. The minimum atomic E-state index is -0.287. The molecule has 188 valence electrons. The third-order valence-corrected chi connectivity index (χ3v) is 6.49. The highest BCUT2D eigenvalue weighted by Crippen LogP contribution is 2.27.